The van der Waals surface area contributed by atoms with Crippen molar-refractivity contribution in [2.24, 2.45) is 5.92 Å². The molecule has 1 atom stereocenters. The number of para-hydroxylation sites is 1. The van der Waals surface area contributed by atoms with Crippen molar-refractivity contribution in [3.05, 3.63) is 64.2 Å². The monoisotopic (exact) mass is 385 g/mol. The lowest BCUT2D eigenvalue weighted by Gasteiger charge is -2.17. The molecule has 0 unspecified atom stereocenters. The molecule has 0 aliphatic carbocycles. The van der Waals surface area contributed by atoms with Crippen molar-refractivity contribution in [1.82, 2.24) is 5.32 Å². The lowest BCUT2D eigenvalue weighted by molar-refractivity contribution is -0.383. The third-order valence-corrected chi connectivity index (χ3v) is 4.21. The van der Waals surface area contributed by atoms with E-state index in [4.69, 9.17) is 4.74 Å². The molecule has 0 saturated carbocycles. The molecule has 8 nitrogen and oxygen atoms in total. The number of rotatable bonds is 8. The van der Waals surface area contributed by atoms with Crippen molar-refractivity contribution in [3.8, 4) is 0 Å². The van der Waals surface area contributed by atoms with Crippen molar-refractivity contribution < 1.29 is 19.2 Å². The molecule has 28 heavy (non-hydrogen) atoms. The molecule has 0 radical (unpaired) electrons. The number of carbonyl (C=O) groups is 2. The van der Waals surface area contributed by atoms with Gasteiger partial charge in [0.05, 0.1) is 10.5 Å². The summed E-state index contributed by atoms with van der Waals surface area (Å²) in [4.78, 5) is 34.8. The number of benzene rings is 2. The van der Waals surface area contributed by atoms with E-state index in [9.17, 15) is 19.7 Å². The number of nitrogens with zero attached hydrogens (tertiary/aromatic N) is 1. The van der Waals surface area contributed by atoms with Crippen LogP contribution in [-0.2, 0) is 9.53 Å². The van der Waals surface area contributed by atoms with Gasteiger partial charge in [-0.05, 0) is 37.1 Å². The Morgan fingerprint density at radius 3 is 2.39 bits per heavy atom. The van der Waals surface area contributed by atoms with Crippen LogP contribution in [0, 0.1) is 16.0 Å². The van der Waals surface area contributed by atoms with Crippen molar-refractivity contribution >= 4 is 28.9 Å². The molecular formula is C20H23N3O5. The highest BCUT2D eigenvalue weighted by molar-refractivity contribution is 5.93. The standard InChI is InChI=1S/C20H23N3O5/c1-13(2)14(3)21-19(24)12-28-20(25)15-9-10-17(18(11-15)23(26)27)22-16-7-5-4-6-8-16/h4-11,13-14,22H,12H2,1-3H3,(H,21,24)/t14-/m1/s1. The van der Waals surface area contributed by atoms with E-state index in [0.29, 0.717) is 5.69 Å². The Morgan fingerprint density at radius 2 is 1.79 bits per heavy atom. The average Bonchev–Trinajstić information content (AvgIpc) is 2.66. The summed E-state index contributed by atoms with van der Waals surface area (Å²) in [7, 11) is 0. The van der Waals surface area contributed by atoms with Crippen LogP contribution in [0.3, 0.4) is 0 Å². The predicted molar refractivity (Wildman–Crippen MR) is 106 cm³/mol. The van der Waals surface area contributed by atoms with Gasteiger partial charge >= 0.3 is 5.97 Å². The zero-order valence-electron chi connectivity index (χ0n) is 16.0. The van der Waals surface area contributed by atoms with E-state index in [-0.39, 0.29) is 28.9 Å². The molecule has 148 valence electrons. The predicted octanol–water partition coefficient (Wildman–Crippen LogP) is 3.66. The van der Waals surface area contributed by atoms with Gasteiger partial charge < -0.3 is 15.4 Å². The first-order valence-electron chi connectivity index (χ1n) is 8.85. The van der Waals surface area contributed by atoms with Gasteiger partial charge in [0.1, 0.15) is 5.69 Å². The molecule has 0 fully saturated rings. The summed E-state index contributed by atoms with van der Waals surface area (Å²) in [6, 6.07) is 12.9. The normalized spacial score (nSPS) is 11.6. The number of ether oxygens (including phenoxy) is 1. The Labute approximate surface area is 163 Å². The summed E-state index contributed by atoms with van der Waals surface area (Å²) in [5.74, 6) is -0.986. The van der Waals surface area contributed by atoms with E-state index in [1.165, 1.54) is 12.1 Å². The Balaban J connectivity index is 2.07. The molecule has 8 heteroatoms. The number of carbonyl (C=O) groups excluding carboxylic acids is 2. The van der Waals surface area contributed by atoms with Crippen LogP contribution in [0.2, 0.25) is 0 Å². The van der Waals surface area contributed by atoms with Crippen LogP contribution < -0.4 is 10.6 Å². The van der Waals surface area contributed by atoms with Gasteiger partial charge in [0.15, 0.2) is 6.61 Å². The molecule has 0 aliphatic rings. The van der Waals surface area contributed by atoms with Gasteiger partial charge in [-0.3, -0.25) is 14.9 Å². The summed E-state index contributed by atoms with van der Waals surface area (Å²) in [5, 5.41) is 17.0. The molecule has 2 rings (SSSR count). The van der Waals surface area contributed by atoms with Gasteiger partial charge in [0.25, 0.3) is 11.6 Å². The highest BCUT2D eigenvalue weighted by Gasteiger charge is 2.20. The van der Waals surface area contributed by atoms with E-state index in [2.05, 4.69) is 10.6 Å². The van der Waals surface area contributed by atoms with E-state index in [0.717, 1.165) is 6.07 Å². The zero-order valence-corrected chi connectivity index (χ0v) is 16.0. The molecule has 1 amide bonds. The van der Waals surface area contributed by atoms with Crippen LogP contribution in [-0.4, -0.2) is 29.4 Å². The molecular weight excluding hydrogens is 362 g/mol. The largest absolute Gasteiger partial charge is 0.452 e. The molecule has 0 aromatic heterocycles. The fourth-order valence-corrected chi connectivity index (χ4v) is 2.27. The van der Waals surface area contributed by atoms with Crippen LogP contribution in [0.15, 0.2) is 48.5 Å². The van der Waals surface area contributed by atoms with E-state index in [1.807, 2.05) is 26.8 Å². The van der Waals surface area contributed by atoms with Crippen LogP contribution in [0.25, 0.3) is 0 Å². The second-order valence-electron chi connectivity index (χ2n) is 6.66. The SMILES string of the molecule is CC(C)[C@@H](C)NC(=O)COC(=O)c1ccc(Nc2ccccc2)c([N+](=O)[O-])c1. The molecule has 0 spiro atoms. The Morgan fingerprint density at radius 1 is 1.11 bits per heavy atom. The maximum atomic E-state index is 12.2. The van der Waals surface area contributed by atoms with Gasteiger partial charge in [-0.2, -0.15) is 0 Å². The zero-order chi connectivity index (χ0) is 20.7. The molecule has 0 heterocycles. The first kappa shape index (κ1) is 20.9. The number of hydrogen-bond acceptors (Lipinski definition) is 6. The molecule has 0 aliphatic heterocycles. The fourth-order valence-electron chi connectivity index (χ4n) is 2.27. The van der Waals surface area contributed by atoms with E-state index < -0.39 is 23.4 Å². The first-order valence-corrected chi connectivity index (χ1v) is 8.85. The maximum absolute atomic E-state index is 12.2. The van der Waals surface area contributed by atoms with Crippen molar-refractivity contribution in [1.29, 1.82) is 0 Å². The second kappa shape index (κ2) is 9.50. The third kappa shape index (κ3) is 5.80. The minimum atomic E-state index is -0.804. The number of anilines is 2. The van der Waals surface area contributed by atoms with Gasteiger partial charge in [0.2, 0.25) is 0 Å². The number of amides is 1. The van der Waals surface area contributed by atoms with E-state index in [1.54, 1.807) is 24.3 Å². The van der Waals surface area contributed by atoms with Gasteiger partial charge in [-0.25, -0.2) is 4.79 Å². The van der Waals surface area contributed by atoms with Crippen molar-refractivity contribution in [2.45, 2.75) is 26.8 Å². The highest BCUT2D eigenvalue weighted by atomic mass is 16.6. The summed E-state index contributed by atoms with van der Waals surface area (Å²) in [5.41, 5.74) is 0.652. The topological polar surface area (TPSA) is 111 Å². The molecule has 2 aromatic carbocycles. The fraction of sp³-hybridized carbons (Fsp3) is 0.300. The number of esters is 1. The van der Waals surface area contributed by atoms with Crippen molar-refractivity contribution in [3.63, 3.8) is 0 Å². The van der Waals surface area contributed by atoms with Crippen LogP contribution >= 0.6 is 0 Å². The van der Waals surface area contributed by atoms with Crippen LogP contribution in [0.4, 0.5) is 17.1 Å². The lowest BCUT2D eigenvalue weighted by Crippen LogP contribution is -2.38. The summed E-state index contributed by atoms with van der Waals surface area (Å²) in [6.45, 7) is 5.32. The second-order valence-corrected chi connectivity index (χ2v) is 6.66. The minimum Gasteiger partial charge on any atom is -0.452 e. The summed E-state index contributed by atoms with van der Waals surface area (Å²) in [6.07, 6.45) is 0. The lowest BCUT2D eigenvalue weighted by atomic mass is 10.1. The highest BCUT2D eigenvalue weighted by Crippen LogP contribution is 2.28. The number of hydrogen-bond donors (Lipinski definition) is 2. The summed E-state index contributed by atoms with van der Waals surface area (Å²) < 4.78 is 4.97. The van der Waals surface area contributed by atoms with Crippen molar-refractivity contribution in [2.75, 3.05) is 11.9 Å². The molecule has 0 saturated heterocycles. The number of nitro groups is 1. The Kier molecular flexibility index (Phi) is 7.08. The van der Waals surface area contributed by atoms with Crippen LogP contribution in [0.5, 0.6) is 0 Å². The Bertz CT molecular complexity index is 852. The minimum absolute atomic E-state index is 0.00461. The van der Waals surface area contributed by atoms with E-state index >= 15 is 0 Å². The molecule has 0 bridgehead atoms. The molecule has 2 aromatic rings. The third-order valence-electron chi connectivity index (χ3n) is 4.21. The first-order chi connectivity index (χ1) is 13.3. The van der Waals surface area contributed by atoms with Crippen LogP contribution in [0.1, 0.15) is 31.1 Å². The van der Waals surface area contributed by atoms with Gasteiger partial charge in [0, 0.05) is 17.8 Å². The summed E-state index contributed by atoms with van der Waals surface area (Å²) >= 11 is 0. The Hall–Kier alpha value is -3.42. The average molecular weight is 385 g/mol. The maximum Gasteiger partial charge on any atom is 0.338 e. The molecule has 2 N–H and O–H groups in total. The number of nitrogens with one attached hydrogen (secondary N) is 2. The number of nitro benzene ring substituents is 1. The van der Waals surface area contributed by atoms with Gasteiger partial charge in [-0.1, -0.05) is 32.0 Å². The van der Waals surface area contributed by atoms with Gasteiger partial charge in [-0.15, -0.1) is 0 Å². The quantitative estimate of drug-likeness (QED) is 0.408. The smallest absolute Gasteiger partial charge is 0.338 e.